The van der Waals surface area contributed by atoms with Crippen molar-refractivity contribution in [3.8, 4) is 51.0 Å². The molecular weight excluding hydrogens is 717 g/mol. The van der Waals surface area contributed by atoms with Crippen LogP contribution in [0.15, 0.2) is 186 Å². The lowest BCUT2D eigenvalue weighted by Gasteiger charge is -2.14. The van der Waals surface area contributed by atoms with Gasteiger partial charge >= 0.3 is 0 Å². The normalized spacial score (nSPS) is 11.9. The van der Waals surface area contributed by atoms with Gasteiger partial charge in [0.15, 0.2) is 17.5 Å². The van der Waals surface area contributed by atoms with Crippen molar-refractivity contribution >= 4 is 75.3 Å². The van der Waals surface area contributed by atoms with Gasteiger partial charge < -0.3 is 8.98 Å². The molecule has 0 aliphatic rings. The van der Waals surface area contributed by atoms with Gasteiger partial charge in [-0.3, -0.25) is 0 Å². The molecule has 0 aliphatic heterocycles. The summed E-state index contributed by atoms with van der Waals surface area (Å²) in [6, 6.07) is 63.7. The van der Waals surface area contributed by atoms with Crippen LogP contribution in [-0.2, 0) is 0 Å². The van der Waals surface area contributed by atoms with Gasteiger partial charge in [-0.15, -0.1) is 11.3 Å². The molecule has 4 heterocycles. The highest BCUT2D eigenvalue weighted by Crippen LogP contribution is 2.44. The molecule has 12 rings (SSSR count). The molecule has 0 radical (unpaired) electrons. The topological polar surface area (TPSA) is 56.7 Å². The van der Waals surface area contributed by atoms with Gasteiger partial charge in [0.2, 0.25) is 0 Å². The molecule has 0 N–H and O–H groups in total. The molecule has 0 saturated heterocycles. The molecule has 57 heavy (non-hydrogen) atoms. The zero-order valence-electron chi connectivity index (χ0n) is 30.4. The maximum Gasteiger partial charge on any atom is 0.164 e. The highest BCUT2D eigenvalue weighted by molar-refractivity contribution is 7.26. The van der Waals surface area contributed by atoms with E-state index in [1.54, 1.807) is 0 Å². The van der Waals surface area contributed by atoms with Gasteiger partial charge in [-0.1, -0.05) is 133 Å². The second kappa shape index (κ2) is 12.6. The van der Waals surface area contributed by atoms with E-state index in [-0.39, 0.29) is 0 Å². The molecule has 6 heteroatoms. The second-order valence-corrected chi connectivity index (χ2v) is 15.4. The Morgan fingerprint density at radius 1 is 0.404 bits per heavy atom. The zero-order valence-corrected chi connectivity index (χ0v) is 31.2. The predicted molar refractivity (Wildman–Crippen MR) is 236 cm³/mol. The lowest BCUT2D eigenvalue weighted by molar-refractivity contribution is 0.669. The van der Waals surface area contributed by atoms with Crippen molar-refractivity contribution < 1.29 is 4.42 Å². The van der Waals surface area contributed by atoms with Crippen molar-refractivity contribution in [3.05, 3.63) is 182 Å². The summed E-state index contributed by atoms with van der Waals surface area (Å²) in [6.45, 7) is 0. The van der Waals surface area contributed by atoms with Crippen molar-refractivity contribution in [2.75, 3.05) is 0 Å². The fraction of sp³-hybridized carbons (Fsp3) is 0. The Balaban J connectivity index is 1.15. The van der Waals surface area contributed by atoms with Gasteiger partial charge in [-0.25, -0.2) is 15.0 Å². The number of nitrogens with zero attached hydrogens (tertiary/aromatic N) is 4. The maximum absolute atomic E-state index is 6.31. The molecule has 0 saturated carbocycles. The van der Waals surface area contributed by atoms with E-state index in [1.165, 1.54) is 30.9 Å². The van der Waals surface area contributed by atoms with E-state index in [1.807, 2.05) is 59.9 Å². The second-order valence-electron chi connectivity index (χ2n) is 14.4. The van der Waals surface area contributed by atoms with E-state index in [0.29, 0.717) is 17.5 Å². The van der Waals surface area contributed by atoms with Gasteiger partial charge in [-0.2, -0.15) is 0 Å². The van der Waals surface area contributed by atoms with Crippen LogP contribution in [0, 0.1) is 0 Å². The molecule has 8 aromatic carbocycles. The average molecular weight is 747 g/mol. The number of benzene rings is 8. The first-order chi connectivity index (χ1) is 28.2. The third-order valence-electron chi connectivity index (χ3n) is 11.0. The van der Waals surface area contributed by atoms with Crippen LogP contribution in [0.4, 0.5) is 0 Å². The van der Waals surface area contributed by atoms with Crippen LogP contribution in [0.5, 0.6) is 0 Å². The molecular formula is C51H30N4OS. The van der Waals surface area contributed by atoms with Gasteiger partial charge in [0, 0.05) is 64.1 Å². The third-order valence-corrected chi connectivity index (χ3v) is 12.2. The van der Waals surface area contributed by atoms with Crippen LogP contribution in [-0.4, -0.2) is 19.5 Å². The minimum absolute atomic E-state index is 0.590. The number of para-hydroxylation sites is 2. The monoisotopic (exact) mass is 746 g/mol. The van der Waals surface area contributed by atoms with Crippen molar-refractivity contribution in [1.29, 1.82) is 0 Å². The molecule has 5 nitrogen and oxygen atoms in total. The number of thiophene rings is 1. The maximum atomic E-state index is 6.31. The first-order valence-corrected chi connectivity index (χ1v) is 19.8. The van der Waals surface area contributed by atoms with Gasteiger partial charge in [0.1, 0.15) is 11.2 Å². The zero-order chi connectivity index (χ0) is 37.5. The van der Waals surface area contributed by atoms with Crippen LogP contribution in [0.1, 0.15) is 0 Å². The molecule has 12 aromatic rings. The van der Waals surface area contributed by atoms with Crippen LogP contribution < -0.4 is 0 Å². The molecule has 0 spiro atoms. The van der Waals surface area contributed by atoms with E-state index in [9.17, 15) is 0 Å². The summed E-state index contributed by atoms with van der Waals surface area (Å²) in [6.07, 6.45) is 0. The van der Waals surface area contributed by atoms with E-state index in [4.69, 9.17) is 19.4 Å². The van der Waals surface area contributed by atoms with E-state index >= 15 is 0 Å². The van der Waals surface area contributed by atoms with Gasteiger partial charge in [0.05, 0.1) is 11.0 Å². The van der Waals surface area contributed by atoms with Crippen LogP contribution in [0.2, 0.25) is 0 Å². The van der Waals surface area contributed by atoms with Crippen molar-refractivity contribution in [2.24, 2.45) is 0 Å². The quantitative estimate of drug-likeness (QED) is 0.176. The van der Waals surface area contributed by atoms with E-state index in [2.05, 4.69) is 138 Å². The fourth-order valence-corrected chi connectivity index (χ4v) is 9.74. The minimum Gasteiger partial charge on any atom is -0.456 e. The van der Waals surface area contributed by atoms with Crippen molar-refractivity contribution in [2.45, 2.75) is 0 Å². The number of rotatable bonds is 5. The Kier molecular flexibility index (Phi) is 7.03. The molecule has 0 fully saturated rings. The average Bonchev–Trinajstić information content (AvgIpc) is 3.96. The van der Waals surface area contributed by atoms with Crippen LogP contribution in [0.25, 0.3) is 115 Å². The fourth-order valence-electron chi connectivity index (χ4n) is 8.48. The largest absolute Gasteiger partial charge is 0.456 e. The lowest BCUT2D eigenvalue weighted by Crippen LogP contribution is -2.02. The minimum atomic E-state index is 0.590. The summed E-state index contributed by atoms with van der Waals surface area (Å²) >= 11 is 1.87. The number of hydrogen-bond acceptors (Lipinski definition) is 5. The van der Waals surface area contributed by atoms with Gasteiger partial charge in [-0.05, 0) is 59.7 Å². The molecule has 0 unspecified atom stereocenters. The smallest absolute Gasteiger partial charge is 0.164 e. The molecule has 266 valence electrons. The summed E-state index contributed by atoms with van der Waals surface area (Å²) in [5, 5.41) is 7.09. The SMILES string of the molecule is c1ccc(-c2cc(-c3nc(-c4ccccc4)nc(-c4cccc5oc6ccccc6c45)n3)cc(-n3c4ccccc4c4c5sc6ccccc6c5ccc43)c2)cc1. The lowest BCUT2D eigenvalue weighted by atomic mass is 10.0. The van der Waals surface area contributed by atoms with E-state index < -0.39 is 0 Å². The highest BCUT2D eigenvalue weighted by Gasteiger charge is 2.21. The predicted octanol–water partition coefficient (Wildman–Crippen LogP) is 13.9. The molecule has 0 aliphatic carbocycles. The first kappa shape index (κ1) is 31.9. The summed E-state index contributed by atoms with van der Waals surface area (Å²) in [5.41, 5.74) is 9.85. The Morgan fingerprint density at radius 2 is 1.05 bits per heavy atom. The molecule has 0 bridgehead atoms. The third kappa shape index (κ3) is 5.04. The highest BCUT2D eigenvalue weighted by atomic mass is 32.1. The molecule has 4 aromatic heterocycles. The van der Waals surface area contributed by atoms with Crippen LogP contribution in [0.3, 0.4) is 0 Å². The number of furan rings is 1. The number of fused-ring (bicyclic) bond motifs is 10. The molecule has 0 amide bonds. The van der Waals surface area contributed by atoms with Gasteiger partial charge in [0.25, 0.3) is 0 Å². The summed E-state index contributed by atoms with van der Waals surface area (Å²) in [5.74, 6) is 1.79. The molecule has 0 atom stereocenters. The van der Waals surface area contributed by atoms with Crippen molar-refractivity contribution in [3.63, 3.8) is 0 Å². The summed E-state index contributed by atoms with van der Waals surface area (Å²) in [4.78, 5) is 15.7. The Hall–Kier alpha value is -7.41. The van der Waals surface area contributed by atoms with E-state index in [0.717, 1.165) is 66.5 Å². The number of hydrogen-bond donors (Lipinski definition) is 0. The summed E-state index contributed by atoms with van der Waals surface area (Å²) in [7, 11) is 0. The Morgan fingerprint density at radius 3 is 1.89 bits per heavy atom. The summed E-state index contributed by atoms with van der Waals surface area (Å²) < 4.78 is 11.3. The van der Waals surface area contributed by atoms with Crippen LogP contribution >= 0.6 is 11.3 Å². The first-order valence-electron chi connectivity index (χ1n) is 19.0. The van der Waals surface area contributed by atoms with Crippen molar-refractivity contribution in [1.82, 2.24) is 19.5 Å². The Bertz CT molecular complexity index is 3530. The number of aromatic nitrogens is 4. The Labute approximate surface area is 330 Å². The standard InChI is InChI=1S/C51H30N4OS/c1-3-14-31(15-4-1)33-28-34(30-35(29-33)55-41-22-10-7-19-38(41)47-42(55)27-26-37-36-18-9-12-25-45(36)57-48(37)47)50-52-49(32-16-5-2-6-17-32)53-51(54-50)40-21-13-24-44-46(40)39-20-8-11-23-43(39)56-44/h1-30H.